The van der Waals surface area contributed by atoms with E-state index in [1.54, 1.807) is 6.07 Å². The molecule has 78 valence electrons. The van der Waals surface area contributed by atoms with Crippen LogP contribution in [-0.2, 0) is 6.42 Å². The predicted octanol–water partition coefficient (Wildman–Crippen LogP) is 2.87. The van der Waals surface area contributed by atoms with Crippen LogP contribution in [0.3, 0.4) is 0 Å². The third kappa shape index (κ3) is 2.81. The fourth-order valence-electron chi connectivity index (χ4n) is 1.47. The highest BCUT2D eigenvalue weighted by Gasteiger charge is 2.06. The summed E-state index contributed by atoms with van der Waals surface area (Å²) in [6.07, 6.45) is 1.56. The monoisotopic (exact) mass is 196 g/mol. The lowest BCUT2D eigenvalue weighted by Crippen LogP contribution is -1.96. The van der Waals surface area contributed by atoms with Gasteiger partial charge in [0.05, 0.1) is 0 Å². The van der Waals surface area contributed by atoms with Crippen molar-refractivity contribution in [2.45, 2.75) is 32.6 Å². The quantitative estimate of drug-likeness (QED) is 0.785. The van der Waals surface area contributed by atoms with Crippen molar-refractivity contribution in [2.24, 2.45) is 0 Å². The second-order valence-electron chi connectivity index (χ2n) is 3.84. The van der Waals surface area contributed by atoms with Crippen LogP contribution in [0.15, 0.2) is 18.2 Å². The van der Waals surface area contributed by atoms with Gasteiger partial charge < -0.3 is 5.11 Å². The third-order valence-corrected chi connectivity index (χ3v) is 2.31. The summed E-state index contributed by atoms with van der Waals surface area (Å²) < 4.78 is 13.3. The Balaban J connectivity index is 2.83. The van der Waals surface area contributed by atoms with Gasteiger partial charge in [-0.1, -0.05) is 26.0 Å². The Morgan fingerprint density at radius 2 is 2.07 bits per heavy atom. The molecule has 0 aromatic heterocycles. The number of halogens is 1. The average molecular weight is 196 g/mol. The van der Waals surface area contributed by atoms with Crippen molar-refractivity contribution in [3.8, 4) is 0 Å². The van der Waals surface area contributed by atoms with Crippen molar-refractivity contribution in [3.05, 3.63) is 35.1 Å². The van der Waals surface area contributed by atoms with Gasteiger partial charge in [-0.15, -0.1) is 0 Å². The van der Waals surface area contributed by atoms with E-state index in [4.69, 9.17) is 5.11 Å². The van der Waals surface area contributed by atoms with E-state index < -0.39 is 0 Å². The van der Waals surface area contributed by atoms with Crippen molar-refractivity contribution in [2.75, 3.05) is 6.61 Å². The van der Waals surface area contributed by atoms with Crippen molar-refractivity contribution in [1.82, 2.24) is 0 Å². The first-order valence-corrected chi connectivity index (χ1v) is 5.04. The molecule has 0 aliphatic rings. The topological polar surface area (TPSA) is 20.2 Å². The lowest BCUT2D eigenvalue weighted by atomic mass is 9.98. The van der Waals surface area contributed by atoms with Crippen LogP contribution >= 0.6 is 0 Å². The van der Waals surface area contributed by atoms with Crippen molar-refractivity contribution >= 4 is 0 Å². The molecule has 0 aliphatic carbocycles. The molecule has 14 heavy (non-hydrogen) atoms. The molecule has 0 saturated carbocycles. The minimum atomic E-state index is -0.132. The first kappa shape index (κ1) is 11.2. The summed E-state index contributed by atoms with van der Waals surface area (Å²) in [6.45, 7) is 4.15. The third-order valence-electron chi connectivity index (χ3n) is 2.31. The van der Waals surface area contributed by atoms with Crippen molar-refractivity contribution < 1.29 is 9.50 Å². The summed E-state index contributed by atoms with van der Waals surface area (Å²) in [7, 11) is 0. The van der Waals surface area contributed by atoms with Gasteiger partial charge in [-0.3, -0.25) is 0 Å². The summed E-state index contributed by atoms with van der Waals surface area (Å²) in [6, 6.07) is 5.20. The van der Waals surface area contributed by atoms with Crippen molar-refractivity contribution in [1.29, 1.82) is 0 Å². The van der Waals surface area contributed by atoms with Gasteiger partial charge in [-0.25, -0.2) is 4.39 Å². The smallest absolute Gasteiger partial charge is 0.126 e. The normalized spacial score (nSPS) is 10.9. The Morgan fingerprint density at radius 3 is 2.64 bits per heavy atom. The molecule has 1 N–H and O–H groups in total. The predicted molar refractivity (Wildman–Crippen MR) is 55.9 cm³/mol. The van der Waals surface area contributed by atoms with Gasteiger partial charge in [0.25, 0.3) is 0 Å². The summed E-state index contributed by atoms with van der Waals surface area (Å²) in [5.41, 5.74) is 1.87. The van der Waals surface area contributed by atoms with Gasteiger partial charge in [-0.2, -0.15) is 0 Å². The van der Waals surface area contributed by atoms with Crippen LogP contribution in [0, 0.1) is 5.82 Å². The molecule has 1 nitrogen and oxygen atoms in total. The zero-order valence-electron chi connectivity index (χ0n) is 8.76. The number of aliphatic hydroxyl groups excluding tert-OH is 1. The van der Waals surface area contributed by atoms with E-state index in [1.165, 1.54) is 6.07 Å². The fourth-order valence-corrected chi connectivity index (χ4v) is 1.47. The highest BCUT2D eigenvalue weighted by Crippen LogP contribution is 2.20. The van der Waals surface area contributed by atoms with E-state index in [9.17, 15) is 4.39 Å². The molecule has 0 unspecified atom stereocenters. The number of benzene rings is 1. The lowest BCUT2D eigenvalue weighted by Gasteiger charge is -2.09. The van der Waals surface area contributed by atoms with Gasteiger partial charge in [0.2, 0.25) is 0 Å². The molecule has 1 rings (SSSR count). The van der Waals surface area contributed by atoms with Crippen LogP contribution < -0.4 is 0 Å². The number of aliphatic hydroxyl groups is 1. The zero-order chi connectivity index (χ0) is 10.6. The Bertz CT molecular complexity index is 294. The molecular formula is C12H17FO. The summed E-state index contributed by atoms with van der Waals surface area (Å²) in [4.78, 5) is 0. The number of aryl methyl sites for hydroxylation is 1. The van der Waals surface area contributed by atoms with Crippen LogP contribution in [0.1, 0.15) is 37.3 Å². The molecule has 0 spiro atoms. The van der Waals surface area contributed by atoms with E-state index in [0.717, 1.165) is 24.0 Å². The molecule has 0 radical (unpaired) electrons. The molecule has 0 saturated heterocycles. The fraction of sp³-hybridized carbons (Fsp3) is 0.500. The molecule has 0 bridgehead atoms. The van der Waals surface area contributed by atoms with Crippen molar-refractivity contribution in [3.63, 3.8) is 0 Å². The van der Waals surface area contributed by atoms with Crippen LogP contribution in [0.5, 0.6) is 0 Å². The van der Waals surface area contributed by atoms with E-state index in [0.29, 0.717) is 0 Å². The minimum absolute atomic E-state index is 0.132. The van der Waals surface area contributed by atoms with Crippen LogP contribution in [0.2, 0.25) is 0 Å². The first-order chi connectivity index (χ1) is 6.65. The SMILES string of the molecule is CC(C)c1cc(CCCO)ccc1F. The second-order valence-corrected chi connectivity index (χ2v) is 3.84. The van der Waals surface area contributed by atoms with E-state index in [2.05, 4.69) is 0 Å². The van der Waals surface area contributed by atoms with Crippen LogP contribution in [0.4, 0.5) is 4.39 Å². The molecule has 0 amide bonds. The van der Waals surface area contributed by atoms with Crippen LogP contribution in [-0.4, -0.2) is 11.7 Å². The van der Waals surface area contributed by atoms with Gasteiger partial charge in [0, 0.05) is 6.61 Å². The highest BCUT2D eigenvalue weighted by atomic mass is 19.1. The molecule has 1 aromatic rings. The number of rotatable bonds is 4. The molecule has 2 heteroatoms. The van der Waals surface area contributed by atoms with E-state index in [-0.39, 0.29) is 18.3 Å². The summed E-state index contributed by atoms with van der Waals surface area (Å²) in [5.74, 6) is 0.0804. The molecule has 0 aliphatic heterocycles. The van der Waals surface area contributed by atoms with Gasteiger partial charge in [-0.05, 0) is 36.0 Å². The molecule has 0 fully saturated rings. The summed E-state index contributed by atoms with van der Waals surface area (Å²) in [5, 5.41) is 8.69. The van der Waals surface area contributed by atoms with E-state index >= 15 is 0 Å². The Morgan fingerprint density at radius 1 is 1.36 bits per heavy atom. The Hall–Kier alpha value is -0.890. The molecule has 0 heterocycles. The van der Waals surface area contributed by atoms with Gasteiger partial charge >= 0.3 is 0 Å². The van der Waals surface area contributed by atoms with Gasteiger partial charge in [0.15, 0.2) is 0 Å². The van der Waals surface area contributed by atoms with Crippen LogP contribution in [0.25, 0.3) is 0 Å². The van der Waals surface area contributed by atoms with Gasteiger partial charge in [0.1, 0.15) is 5.82 Å². The highest BCUT2D eigenvalue weighted by molar-refractivity contribution is 5.27. The first-order valence-electron chi connectivity index (χ1n) is 5.04. The van der Waals surface area contributed by atoms with E-state index in [1.807, 2.05) is 19.9 Å². The number of hydrogen-bond acceptors (Lipinski definition) is 1. The average Bonchev–Trinajstić information content (AvgIpc) is 2.16. The molecule has 0 atom stereocenters. The minimum Gasteiger partial charge on any atom is -0.396 e. The molecule has 1 aromatic carbocycles. The zero-order valence-corrected chi connectivity index (χ0v) is 8.76. The standard InChI is InChI=1S/C12H17FO/c1-9(2)11-8-10(4-3-7-14)5-6-12(11)13/h5-6,8-9,14H,3-4,7H2,1-2H3. The largest absolute Gasteiger partial charge is 0.396 e. The second kappa shape index (κ2) is 5.11. The summed E-state index contributed by atoms with van der Waals surface area (Å²) >= 11 is 0. The maximum atomic E-state index is 13.3. The lowest BCUT2D eigenvalue weighted by molar-refractivity contribution is 0.288. The Kier molecular flexibility index (Phi) is 4.08. The Labute approximate surface area is 84.6 Å². The number of hydrogen-bond donors (Lipinski definition) is 1. The maximum Gasteiger partial charge on any atom is 0.126 e. The molecular weight excluding hydrogens is 179 g/mol. The maximum absolute atomic E-state index is 13.3.